The van der Waals surface area contributed by atoms with E-state index in [1.807, 2.05) is 25.3 Å². The average Bonchev–Trinajstić information content (AvgIpc) is 2.34. The molecule has 0 saturated heterocycles. The maximum atomic E-state index is 9.05. The van der Waals surface area contributed by atoms with Crippen LogP contribution in [0, 0.1) is 0 Å². The summed E-state index contributed by atoms with van der Waals surface area (Å²) in [6.45, 7) is 5.82. The third-order valence-corrected chi connectivity index (χ3v) is 2.77. The van der Waals surface area contributed by atoms with Crippen LogP contribution in [-0.4, -0.2) is 29.8 Å². The van der Waals surface area contributed by atoms with Crippen molar-refractivity contribution in [2.45, 2.75) is 32.7 Å². The second-order valence-electron chi connectivity index (χ2n) is 4.30. The van der Waals surface area contributed by atoms with Gasteiger partial charge in [-0.05, 0) is 25.0 Å². The molecule has 0 aromatic carbocycles. The molecule has 0 unspecified atom stereocenters. The molecule has 4 heteroatoms. The quantitative estimate of drug-likeness (QED) is 0.757. The Hall–Kier alpha value is -1.13. The van der Waals surface area contributed by atoms with Crippen molar-refractivity contribution in [3.63, 3.8) is 0 Å². The van der Waals surface area contributed by atoms with Crippen molar-refractivity contribution >= 4 is 5.82 Å². The van der Waals surface area contributed by atoms with Gasteiger partial charge in [0.15, 0.2) is 0 Å². The number of aliphatic hydroxyl groups excluding tert-OH is 1. The number of pyridine rings is 1. The van der Waals surface area contributed by atoms with E-state index >= 15 is 0 Å². The molecule has 1 atom stereocenters. The molecule has 0 amide bonds. The Morgan fingerprint density at radius 1 is 1.41 bits per heavy atom. The first-order valence-corrected chi connectivity index (χ1v) is 6.26. The highest BCUT2D eigenvalue weighted by Gasteiger charge is 2.07. The lowest BCUT2D eigenvalue weighted by molar-refractivity contribution is 0.301. The predicted molar refractivity (Wildman–Crippen MR) is 71.0 cm³/mol. The predicted octanol–water partition coefficient (Wildman–Crippen LogP) is 1.70. The zero-order valence-corrected chi connectivity index (χ0v) is 10.8. The summed E-state index contributed by atoms with van der Waals surface area (Å²) < 4.78 is 0. The highest BCUT2D eigenvalue weighted by Crippen LogP contribution is 2.15. The largest absolute Gasteiger partial charge is 0.395 e. The van der Waals surface area contributed by atoms with Gasteiger partial charge in [-0.15, -0.1) is 0 Å². The third kappa shape index (κ3) is 4.32. The Labute approximate surface area is 103 Å². The van der Waals surface area contributed by atoms with Crippen molar-refractivity contribution in [3.8, 4) is 0 Å². The van der Waals surface area contributed by atoms with Crippen LogP contribution in [0.2, 0.25) is 0 Å². The van der Waals surface area contributed by atoms with Gasteiger partial charge < -0.3 is 15.7 Å². The van der Waals surface area contributed by atoms with E-state index in [1.54, 1.807) is 0 Å². The molecule has 3 N–H and O–H groups in total. The Balaban J connectivity index is 2.72. The minimum absolute atomic E-state index is 0.0125. The fraction of sp³-hybridized carbons (Fsp3) is 0.615. The zero-order valence-electron chi connectivity index (χ0n) is 10.8. The lowest BCUT2D eigenvalue weighted by atomic mass is 10.1. The van der Waals surface area contributed by atoms with Crippen LogP contribution in [-0.2, 0) is 0 Å². The van der Waals surface area contributed by atoms with Gasteiger partial charge in [0, 0.05) is 25.3 Å². The van der Waals surface area contributed by atoms with Gasteiger partial charge >= 0.3 is 0 Å². The summed E-state index contributed by atoms with van der Waals surface area (Å²) in [5.41, 5.74) is 6.82. The Kier molecular flexibility index (Phi) is 5.94. The van der Waals surface area contributed by atoms with Gasteiger partial charge in [0.05, 0.1) is 6.61 Å². The number of unbranched alkanes of at least 4 members (excludes halogenated alkanes) is 1. The van der Waals surface area contributed by atoms with Crippen LogP contribution in [0.5, 0.6) is 0 Å². The highest BCUT2D eigenvalue weighted by atomic mass is 16.3. The van der Waals surface area contributed by atoms with Crippen molar-refractivity contribution in [1.29, 1.82) is 0 Å². The van der Waals surface area contributed by atoms with Gasteiger partial charge in [-0.3, -0.25) is 0 Å². The monoisotopic (exact) mass is 237 g/mol. The van der Waals surface area contributed by atoms with Crippen molar-refractivity contribution < 1.29 is 5.11 Å². The number of nitrogens with two attached hydrogens (primary N) is 1. The normalized spacial score (nSPS) is 12.5. The zero-order chi connectivity index (χ0) is 12.7. The summed E-state index contributed by atoms with van der Waals surface area (Å²) >= 11 is 0. The smallest absolute Gasteiger partial charge is 0.128 e. The summed E-state index contributed by atoms with van der Waals surface area (Å²) in [5, 5.41) is 9.05. The van der Waals surface area contributed by atoms with E-state index in [-0.39, 0.29) is 12.6 Å². The number of hydrogen-bond acceptors (Lipinski definition) is 4. The number of nitrogens with zero attached hydrogens (tertiary/aromatic N) is 2. The van der Waals surface area contributed by atoms with E-state index in [0.717, 1.165) is 30.8 Å². The summed E-state index contributed by atoms with van der Waals surface area (Å²) in [5.74, 6) is 0.914. The van der Waals surface area contributed by atoms with E-state index in [0.29, 0.717) is 6.54 Å². The molecule has 0 saturated carbocycles. The summed E-state index contributed by atoms with van der Waals surface area (Å²) in [6.07, 6.45) is 4.06. The van der Waals surface area contributed by atoms with E-state index in [4.69, 9.17) is 10.8 Å². The summed E-state index contributed by atoms with van der Waals surface area (Å²) in [6, 6.07) is 3.99. The second-order valence-corrected chi connectivity index (χ2v) is 4.30. The lowest BCUT2D eigenvalue weighted by Crippen LogP contribution is -2.28. The number of anilines is 1. The minimum atomic E-state index is 0.0125. The second kappa shape index (κ2) is 7.25. The molecule has 0 aliphatic heterocycles. The molecule has 0 radical (unpaired) electrons. The van der Waals surface area contributed by atoms with Crippen LogP contribution in [0.4, 0.5) is 5.82 Å². The molecule has 1 aromatic heterocycles. The van der Waals surface area contributed by atoms with E-state index in [2.05, 4.69) is 16.8 Å². The van der Waals surface area contributed by atoms with Gasteiger partial charge in [0.25, 0.3) is 0 Å². The van der Waals surface area contributed by atoms with Gasteiger partial charge in [0.2, 0.25) is 0 Å². The molecule has 0 spiro atoms. The van der Waals surface area contributed by atoms with E-state index in [1.165, 1.54) is 0 Å². The van der Waals surface area contributed by atoms with Gasteiger partial charge in [-0.25, -0.2) is 4.98 Å². The first-order valence-electron chi connectivity index (χ1n) is 6.26. The first-order chi connectivity index (χ1) is 8.19. The summed E-state index contributed by atoms with van der Waals surface area (Å²) in [7, 11) is 0. The van der Waals surface area contributed by atoms with E-state index < -0.39 is 0 Å². The van der Waals surface area contributed by atoms with Gasteiger partial charge in [-0.2, -0.15) is 0 Å². The fourth-order valence-corrected chi connectivity index (χ4v) is 1.66. The average molecular weight is 237 g/mol. The number of rotatable bonds is 7. The number of aliphatic hydroxyl groups is 1. The van der Waals surface area contributed by atoms with Crippen molar-refractivity contribution in [2.24, 2.45) is 5.73 Å². The molecule has 0 aliphatic rings. The molecule has 0 bridgehead atoms. The Morgan fingerprint density at radius 2 is 2.18 bits per heavy atom. The Morgan fingerprint density at radius 3 is 2.65 bits per heavy atom. The topological polar surface area (TPSA) is 62.4 Å². The maximum absolute atomic E-state index is 9.05. The van der Waals surface area contributed by atoms with Crippen molar-refractivity contribution in [1.82, 2.24) is 4.98 Å². The van der Waals surface area contributed by atoms with Crippen LogP contribution in [0.15, 0.2) is 18.3 Å². The molecule has 1 aromatic rings. The molecular formula is C13H23N3O. The molecule has 1 rings (SSSR count). The molecular weight excluding hydrogens is 214 g/mol. The molecule has 1 heterocycles. The SMILES string of the molecule is CCCCN(CCO)c1ccc([C@@H](C)N)cn1. The van der Waals surface area contributed by atoms with Crippen LogP contribution >= 0.6 is 0 Å². The number of aromatic nitrogens is 1. The standard InChI is InChI=1S/C13H23N3O/c1-3-4-7-16(8-9-17)13-6-5-12(10-15-13)11(2)14/h5-6,10-11,17H,3-4,7-9,14H2,1-2H3/t11-/m1/s1. The molecule has 0 fully saturated rings. The fourth-order valence-electron chi connectivity index (χ4n) is 1.66. The highest BCUT2D eigenvalue weighted by molar-refractivity contribution is 5.39. The van der Waals surface area contributed by atoms with Gasteiger partial charge in [-0.1, -0.05) is 19.4 Å². The van der Waals surface area contributed by atoms with E-state index in [9.17, 15) is 0 Å². The Bertz CT molecular complexity index is 311. The minimum Gasteiger partial charge on any atom is -0.395 e. The number of hydrogen-bond donors (Lipinski definition) is 2. The lowest BCUT2D eigenvalue weighted by Gasteiger charge is -2.22. The maximum Gasteiger partial charge on any atom is 0.128 e. The molecule has 0 aliphatic carbocycles. The summed E-state index contributed by atoms with van der Waals surface area (Å²) in [4.78, 5) is 6.51. The molecule has 17 heavy (non-hydrogen) atoms. The van der Waals surface area contributed by atoms with Crippen LogP contribution in [0.3, 0.4) is 0 Å². The van der Waals surface area contributed by atoms with Gasteiger partial charge in [0.1, 0.15) is 5.82 Å². The van der Waals surface area contributed by atoms with Crippen molar-refractivity contribution in [3.05, 3.63) is 23.9 Å². The molecule has 4 nitrogen and oxygen atoms in total. The molecule has 96 valence electrons. The van der Waals surface area contributed by atoms with Crippen molar-refractivity contribution in [2.75, 3.05) is 24.6 Å². The van der Waals surface area contributed by atoms with Crippen LogP contribution in [0.1, 0.15) is 38.3 Å². The van der Waals surface area contributed by atoms with Crippen LogP contribution < -0.4 is 10.6 Å². The van der Waals surface area contributed by atoms with Crippen LogP contribution in [0.25, 0.3) is 0 Å². The third-order valence-electron chi connectivity index (χ3n) is 2.77. The first kappa shape index (κ1) is 13.9.